The standard InChI is InChI=1S/C17H16O4/c1-20-16-7-5-13(17(18)19)10-14(16)11-4-6-15-12(9-11)3-2-8-21-15/h4-7,9-10H,2-3,8H2,1H3,(H,18,19). The molecule has 0 aromatic heterocycles. The van der Waals surface area contributed by atoms with E-state index in [2.05, 4.69) is 6.07 Å². The summed E-state index contributed by atoms with van der Waals surface area (Å²) in [6, 6.07) is 10.8. The molecule has 1 N–H and O–H groups in total. The molecular formula is C17H16O4. The van der Waals surface area contributed by atoms with E-state index < -0.39 is 5.97 Å². The fourth-order valence-corrected chi connectivity index (χ4v) is 2.59. The van der Waals surface area contributed by atoms with Gasteiger partial charge >= 0.3 is 5.97 Å². The Bertz CT molecular complexity index is 691. The van der Waals surface area contributed by atoms with Gasteiger partial charge in [-0.15, -0.1) is 0 Å². The first-order chi connectivity index (χ1) is 10.2. The zero-order valence-corrected chi connectivity index (χ0v) is 11.8. The van der Waals surface area contributed by atoms with Crippen LogP contribution >= 0.6 is 0 Å². The van der Waals surface area contributed by atoms with Crippen LogP contribution in [0.15, 0.2) is 36.4 Å². The smallest absolute Gasteiger partial charge is 0.335 e. The van der Waals surface area contributed by atoms with Crippen molar-refractivity contribution in [1.29, 1.82) is 0 Å². The molecule has 4 heteroatoms. The average Bonchev–Trinajstić information content (AvgIpc) is 2.53. The molecule has 1 aliphatic rings. The molecule has 1 heterocycles. The highest BCUT2D eigenvalue weighted by atomic mass is 16.5. The lowest BCUT2D eigenvalue weighted by atomic mass is 9.97. The van der Waals surface area contributed by atoms with E-state index >= 15 is 0 Å². The van der Waals surface area contributed by atoms with Crippen LogP contribution in [0.1, 0.15) is 22.3 Å². The van der Waals surface area contributed by atoms with Gasteiger partial charge in [0, 0.05) is 5.56 Å². The van der Waals surface area contributed by atoms with Gasteiger partial charge < -0.3 is 14.6 Å². The van der Waals surface area contributed by atoms with Gasteiger partial charge in [0.05, 0.1) is 19.3 Å². The topological polar surface area (TPSA) is 55.8 Å². The fraction of sp³-hybridized carbons (Fsp3) is 0.235. The number of carboxylic acids is 1. The second-order valence-corrected chi connectivity index (χ2v) is 4.99. The van der Waals surface area contributed by atoms with E-state index in [4.69, 9.17) is 14.6 Å². The number of methoxy groups -OCH3 is 1. The summed E-state index contributed by atoms with van der Waals surface area (Å²) in [7, 11) is 1.58. The third-order valence-corrected chi connectivity index (χ3v) is 3.67. The third-order valence-electron chi connectivity index (χ3n) is 3.67. The van der Waals surface area contributed by atoms with E-state index in [0.29, 0.717) is 5.75 Å². The Kier molecular flexibility index (Phi) is 3.52. The van der Waals surface area contributed by atoms with Crippen molar-refractivity contribution in [3.63, 3.8) is 0 Å². The lowest BCUT2D eigenvalue weighted by molar-refractivity contribution is 0.0697. The second kappa shape index (κ2) is 5.48. The molecule has 0 bridgehead atoms. The molecule has 0 aliphatic carbocycles. The van der Waals surface area contributed by atoms with Crippen molar-refractivity contribution in [3.8, 4) is 22.6 Å². The van der Waals surface area contributed by atoms with Gasteiger partial charge in [0.1, 0.15) is 11.5 Å². The van der Waals surface area contributed by atoms with Gasteiger partial charge in [0.25, 0.3) is 0 Å². The van der Waals surface area contributed by atoms with Crippen molar-refractivity contribution in [2.24, 2.45) is 0 Å². The van der Waals surface area contributed by atoms with E-state index in [0.717, 1.165) is 41.9 Å². The van der Waals surface area contributed by atoms with E-state index in [9.17, 15) is 4.79 Å². The van der Waals surface area contributed by atoms with E-state index in [-0.39, 0.29) is 5.56 Å². The zero-order chi connectivity index (χ0) is 14.8. The number of ether oxygens (including phenoxy) is 2. The molecule has 2 aromatic rings. The van der Waals surface area contributed by atoms with Gasteiger partial charge in [-0.2, -0.15) is 0 Å². The molecule has 108 valence electrons. The van der Waals surface area contributed by atoms with E-state index in [1.54, 1.807) is 25.3 Å². The Morgan fingerprint density at radius 3 is 2.86 bits per heavy atom. The van der Waals surface area contributed by atoms with Gasteiger partial charge in [-0.05, 0) is 54.3 Å². The maximum absolute atomic E-state index is 11.2. The molecule has 0 unspecified atom stereocenters. The van der Waals surface area contributed by atoms with Crippen LogP contribution in [0.25, 0.3) is 11.1 Å². The first-order valence-electron chi connectivity index (χ1n) is 6.86. The maximum Gasteiger partial charge on any atom is 0.335 e. The molecule has 0 atom stereocenters. The average molecular weight is 284 g/mol. The number of rotatable bonds is 3. The van der Waals surface area contributed by atoms with Crippen LogP contribution < -0.4 is 9.47 Å². The van der Waals surface area contributed by atoms with Crippen molar-refractivity contribution < 1.29 is 19.4 Å². The van der Waals surface area contributed by atoms with Crippen molar-refractivity contribution in [1.82, 2.24) is 0 Å². The highest BCUT2D eigenvalue weighted by molar-refractivity contribution is 5.90. The number of hydrogen-bond acceptors (Lipinski definition) is 3. The van der Waals surface area contributed by atoms with Gasteiger partial charge in [-0.1, -0.05) is 6.07 Å². The van der Waals surface area contributed by atoms with Gasteiger partial charge in [0.2, 0.25) is 0 Å². The minimum absolute atomic E-state index is 0.250. The summed E-state index contributed by atoms with van der Waals surface area (Å²) in [6.07, 6.45) is 1.98. The predicted molar refractivity (Wildman–Crippen MR) is 79.2 cm³/mol. The Morgan fingerprint density at radius 2 is 2.10 bits per heavy atom. The van der Waals surface area contributed by atoms with Crippen molar-refractivity contribution >= 4 is 5.97 Å². The SMILES string of the molecule is COc1ccc(C(=O)O)cc1-c1ccc2c(c1)CCCO2. The number of aryl methyl sites for hydroxylation is 1. The first-order valence-corrected chi connectivity index (χ1v) is 6.86. The first kappa shape index (κ1) is 13.5. The van der Waals surface area contributed by atoms with Crippen LogP contribution in [-0.4, -0.2) is 24.8 Å². The normalized spacial score (nSPS) is 13.2. The van der Waals surface area contributed by atoms with Crippen LogP contribution in [0.3, 0.4) is 0 Å². The molecule has 4 nitrogen and oxygen atoms in total. The number of carbonyl (C=O) groups is 1. The molecular weight excluding hydrogens is 268 g/mol. The molecule has 1 aliphatic heterocycles. The predicted octanol–water partition coefficient (Wildman–Crippen LogP) is 3.39. The van der Waals surface area contributed by atoms with Gasteiger partial charge in [-0.25, -0.2) is 4.79 Å². The number of aromatic carboxylic acids is 1. The Labute approximate surface area is 122 Å². The Hall–Kier alpha value is -2.49. The van der Waals surface area contributed by atoms with Crippen molar-refractivity contribution in [2.45, 2.75) is 12.8 Å². The maximum atomic E-state index is 11.2. The summed E-state index contributed by atoms with van der Waals surface area (Å²) in [5.74, 6) is 0.634. The molecule has 0 radical (unpaired) electrons. The molecule has 0 spiro atoms. The quantitative estimate of drug-likeness (QED) is 0.938. The van der Waals surface area contributed by atoms with Crippen molar-refractivity contribution in [3.05, 3.63) is 47.5 Å². The minimum atomic E-state index is -0.944. The monoisotopic (exact) mass is 284 g/mol. The second-order valence-electron chi connectivity index (χ2n) is 4.99. The molecule has 0 fully saturated rings. The molecule has 3 rings (SSSR count). The Balaban J connectivity index is 2.10. The zero-order valence-electron chi connectivity index (χ0n) is 11.8. The molecule has 2 aromatic carbocycles. The summed E-state index contributed by atoms with van der Waals surface area (Å²) in [5.41, 5.74) is 3.13. The highest BCUT2D eigenvalue weighted by Crippen LogP contribution is 2.35. The summed E-state index contributed by atoms with van der Waals surface area (Å²) in [6.45, 7) is 0.754. The van der Waals surface area contributed by atoms with Gasteiger partial charge in [-0.3, -0.25) is 0 Å². The lowest BCUT2D eigenvalue weighted by Gasteiger charge is -2.18. The van der Waals surface area contributed by atoms with Gasteiger partial charge in [0.15, 0.2) is 0 Å². The summed E-state index contributed by atoms with van der Waals surface area (Å²) < 4.78 is 11.0. The summed E-state index contributed by atoms with van der Waals surface area (Å²) in [5, 5.41) is 9.15. The third kappa shape index (κ3) is 2.57. The fourth-order valence-electron chi connectivity index (χ4n) is 2.59. The largest absolute Gasteiger partial charge is 0.496 e. The molecule has 0 amide bonds. The highest BCUT2D eigenvalue weighted by Gasteiger charge is 2.15. The molecule has 21 heavy (non-hydrogen) atoms. The summed E-state index contributed by atoms with van der Waals surface area (Å²) in [4.78, 5) is 11.2. The van der Waals surface area contributed by atoms with Crippen LogP contribution in [0, 0.1) is 0 Å². The van der Waals surface area contributed by atoms with Crippen LogP contribution in [0.4, 0.5) is 0 Å². The van der Waals surface area contributed by atoms with Crippen molar-refractivity contribution in [2.75, 3.05) is 13.7 Å². The lowest BCUT2D eigenvalue weighted by Crippen LogP contribution is -2.08. The van der Waals surface area contributed by atoms with Crippen LogP contribution in [0.5, 0.6) is 11.5 Å². The number of carboxylic acid groups (broad SMARTS) is 1. The molecule has 0 saturated heterocycles. The van der Waals surface area contributed by atoms with E-state index in [1.807, 2.05) is 12.1 Å². The Morgan fingerprint density at radius 1 is 1.24 bits per heavy atom. The van der Waals surface area contributed by atoms with E-state index in [1.165, 1.54) is 0 Å². The number of hydrogen-bond donors (Lipinski definition) is 1. The van der Waals surface area contributed by atoms with Crippen LogP contribution in [0.2, 0.25) is 0 Å². The number of fused-ring (bicyclic) bond motifs is 1. The molecule has 0 saturated carbocycles. The van der Waals surface area contributed by atoms with Crippen LogP contribution in [-0.2, 0) is 6.42 Å². The number of benzene rings is 2. The minimum Gasteiger partial charge on any atom is -0.496 e. The summed E-state index contributed by atoms with van der Waals surface area (Å²) >= 11 is 0.